The second-order valence-corrected chi connectivity index (χ2v) is 4.62. The molecule has 2 aromatic rings. The lowest BCUT2D eigenvalue weighted by molar-refractivity contribution is 0.410. The summed E-state index contributed by atoms with van der Waals surface area (Å²) < 4.78 is 19.3. The number of rotatable bonds is 5. The van der Waals surface area contributed by atoms with Crippen LogP contribution in [-0.4, -0.2) is 18.6 Å². The molecule has 1 N–H and O–H groups in total. The molecule has 1 heterocycles. The van der Waals surface area contributed by atoms with Crippen LogP contribution in [0, 0.1) is 12.7 Å². The molecule has 0 fully saturated rings. The van der Waals surface area contributed by atoms with Gasteiger partial charge in [0.1, 0.15) is 11.6 Å². The Hall–Kier alpha value is -1.94. The SMILES string of the molecule is CCNC(c1ccc(C)c(OC)c1)c1ccncc1F. The monoisotopic (exact) mass is 274 g/mol. The van der Waals surface area contributed by atoms with Crippen LogP contribution in [-0.2, 0) is 0 Å². The van der Waals surface area contributed by atoms with Crippen molar-refractivity contribution >= 4 is 0 Å². The van der Waals surface area contributed by atoms with E-state index in [1.807, 2.05) is 32.0 Å². The molecule has 0 radical (unpaired) electrons. The fraction of sp³-hybridized carbons (Fsp3) is 0.312. The number of nitrogens with one attached hydrogen (secondary N) is 1. The molecule has 2 rings (SSSR count). The Morgan fingerprint density at radius 1 is 1.35 bits per heavy atom. The van der Waals surface area contributed by atoms with Crippen molar-refractivity contribution in [2.24, 2.45) is 0 Å². The molecule has 1 unspecified atom stereocenters. The number of nitrogens with zero attached hydrogens (tertiary/aromatic N) is 1. The molecule has 106 valence electrons. The molecular weight excluding hydrogens is 255 g/mol. The number of aromatic nitrogens is 1. The highest BCUT2D eigenvalue weighted by Crippen LogP contribution is 2.28. The molecule has 20 heavy (non-hydrogen) atoms. The molecule has 4 heteroatoms. The van der Waals surface area contributed by atoms with Crippen molar-refractivity contribution in [1.82, 2.24) is 10.3 Å². The first-order chi connectivity index (χ1) is 9.67. The van der Waals surface area contributed by atoms with Gasteiger partial charge >= 0.3 is 0 Å². The number of hydrogen-bond acceptors (Lipinski definition) is 3. The van der Waals surface area contributed by atoms with Gasteiger partial charge in [0.2, 0.25) is 0 Å². The van der Waals surface area contributed by atoms with E-state index in [0.29, 0.717) is 5.56 Å². The smallest absolute Gasteiger partial charge is 0.146 e. The van der Waals surface area contributed by atoms with E-state index in [1.54, 1.807) is 19.4 Å². The van der Waals surface area contributed by atoms with Gasteiger partial charge in [0.15, 0.2) is 0 Å². The first-order valence-corrected chi connectivity index (χ1v) is 6.64. The third-order valence-corrected chi connectivity index (χ3v) is 3.29. The van der Waals surface area contributed by atoms with E-state index in [-0.39, 0.29) is 11.9 Å². The van der Waals surface area contributed by atoms with Crippen molar-refractivity contribution in [2.75, 3.05) is 13.7 Å². The predicted molar refractivity (Wildman–Crippen MR) is 77.4 cm³/mol. The fourth-order valence-corrected chi connectivity index (χ4v) is 2.25. The van der Waals surface area contributed by atoms with Gasteiger partial charge in [-0.15, -0.1) is 0 Å². The van der Waals surface area contributed by atoms with Gasteiger partial charge in [0.05, 0.1) is 19.3 Å². The van der Waals surface area contributed by atoms with Crippen molar-refractivity contribution in [3.63, 3.8) is 0 Å². The Morgan fingerprint density at radius 2 is 2.15 bits per heavy atom. The topological polar surface area (TPSA) is 34.1 Å². The lowest BCUT2D eigenvalue weighted by Crippen LogP contribution is -2.23. The number of benzene rings is 1. The number of aryl methyl sites for hydroxylation is 1. The van der Waals surface area contributed by atoms with Gasteiger partial charge in [-0.25, -0.2) is 4.39 Å². The molecule has 0 bridgehead atoms. The van der Waals surface area contributed by atoms with Crippen LogP contribution in [0.1, 0.15) is 29.7 Å². The zero-order chi connectivity index (χ0) is 14.5. The zero-order valence-corrected chi connectivity index (χ0v) is 12.0. The zero-order valence-electron chi connectivity index (χ0n) is 12.0. The molecule has 0 saturated heterocycles. The summed E-state index contributed by atoms with van der Waals surface area (Å²) in [5.74, 6) is 0.498. The third-order valence-electron chi connectivity index (χ3n) is 3.29. The summed E-state index contributed by atoms with van der Waals surface area (Å²) in [7, 11) is 1.64. The van der Waals surface area contributed by atoms with E-state index in [0.717, 1.165) is 23.4 Å². The lowest BCUT2D eigenvalue weighted by atomic mass is 9.97. The number of hydrogen-bond donors (Lipinski definition) is 1. The van der Waals surface area contributed by atoms with Crippen molar-refractivity contribution in [3.05, 3.63) is 59.2 Å². The predicted octanol–water partition coefficient (Wildman–Crippen LogP) is 3.24. The minimum Gasteiger partial charge on any atom is -0.496 e. The molecule has 3 nitrogen and oxygen atoms in total. The highest BCUT2D eigenvalue weighted by Gasteiger charge is 2.18. The summed E-state index contributed by atoms with van der Waals surface area (Å²) in [5, 5.41) is 3.30. The summed E-state index contributed by atoms with van der Waals surface area (Å²) in [4.78, 5) is 3.80. The first kappa shape index (κ1) is 14.5. The van der Waals surface area contributed by atoms with E-state index in [9.17, 15) is 4.39 Å². The van der Waals surface area contributed by atoms with Gasteiger partial charge in [-0.2, -0.15) is 0 Å². The summed E-state index contributed by atoms with van der Waals surface area (Å²) in [5.41, 5.74) is 2.62. The Labute approximate surface area is 118 Å². The first-order valence-electron chi connectivity index (χ1n) is 6.64. The van der Waals surface area contributed by atoms with E-state index in [2.05, 4.69) is 10.3 Å². The van der Waals surface area contributed by atoms with Crippen molar-refractivity contribution < 1.29 is 9.13 Å². The Morgan fingerprint density at radius 3 is 2.80 bits per heavy atom. The molecule has 0 aliphatic carbocycles. The Bertz CT molecular complexity index is 586. The normalized spacial score (nSPS) is 12.2. The van der Waals surface area contributed by atoms with Crippen LogP contribution in [0.3, 0.4) is 0 Å². The maximum Gasteiger partial charge on any atom is 0.146 e. The second-order valence-electron chi connectivity index (χ2n) is 4.62. The van der Waals surface area contributed by atoms with Crippen LogP contribution in [0.5, 0.6) is 5.75 Å². The van der Waals surface area contributed by atoms with Crippen LogP contribution in [0.15, 0.2) is 36.7 Å². The quantitative estimate of drug-likeness (QED) is 0.909. The Balaban J connectivity index is 2.46. The van der Waals surface area contributed by atoms with Crippen molar-refractivity contribution in [2.45, 2.75) is 19.9 Å². The van der Waals surface area contributed by atoms with Gasteiger partial charge < -0.3 is 10.1 Å². The average molecular weight is 274 g/mol. The molecule has 1 atom stereocenters. The molecule has 0 saturated carbocycles. The Kier molecular flexibility index (Phi) is 4.69. The third kappa shape index (κ3) is 2.96. The van der Waals surface area contributed by atoms with Gasteiger partial charge in [-0.3, -0.25) is 4.98 Å². The summed E-state index contributed by atoms with van der Waals surface area (Å²) >= 11 is 0. The van der Waals surface area contributed by atoms with Crippen molar-refractivity contribution in [1.29, 1.82) is 0 Å². The lowest BCUT2D eigenvalue weighted by Gasteiger charge is -2.20. The molecular formula is C16H19FN2O. The summed E-state index contributed by atoms with van der Waals surface area (Å²) in [6, 6.07) is 7.41. The van der Waals surface area contributed by atoms with Crippen LogP contribution in [0.25, 0.3) is 0 Å². The van der Waals surface area contributed by atoms with Gasteiger partial charge in [0.25, 0.3) is 0 Å². The van der Waals surface area contributed by atoms with E-state index in [4.69, 9.17) is 4.74 Å². The van der Waals surface area contributed by atoms with E-state index < -0.39 is 0 Å². The fourth-order valence-electron chi connectivity index (χ4n) is 2.25. The summed E-state index contributed by atoms with van der Waals surface area (Å²) in [6.45, 7) is 4.72. The number of ether oxygens (including phenoxy) is 1. The standard InChI is InChI=1S/C16H19FN2O/c1-4-19-16(13-7-8-18-10-14(13)17)12-6-5-11(2)15(9-12)20-3/h5-10,16,19H,4H2,1-3H3. The highest BCUT2D eigenvalue weighted by molar-refractivity contribution is 5.41. The molecule has 0 aliphatic rings. The van der Waals surface area contributed by atoms with E-state index in [1.165, 1.54) is 6.20 Å². The molecule has 0 aliphatic heterocycles. The van der Waals surface area contributed by atoms with Crippen LogP contribution in [0.4, 0.5) is 4.39 Å². The molecule has 0 amide bonds. The van der Waals surface area contributed by atoms with Crippen LogP contribution < -0.4 is 10.1 Å². The largest absolute Gasteiger partial charge is 0.496 e. The molecule has 0 spiro atoms. The van der Waals surface area contributed by atoms with Gasteiger partial charge in [-0.1, -0.05) is 19.1 Å². The molecule has 1 aromatic heterocycles. The van der Waals surface area contributed by atoms with E-state index >= 15 is 0 Å². The van der Waals surface area contributed by atoms with Gasteiger partial charge in [-0.05, 0) is 36.7 Å². The minimum atomic E-state index is -0.307. The maximum absolute atomic E-state index is 14.0. The second kappa shape index (κ2) is 6.48. The minimum absolute atomic E-state index is 0.211. The number of halogens is 1. The van der Waals surface area contributed by atoms with Crippen molar-refractivity contribution in [3.8, 4) is 5.75 Å². The van der Waals surface area contributed by atoms with Gasteiger partial charge in [0, 0.05) is 11.8 Å². The van der Waals surface area contributed by atoms with Crippen LogP contribution >= 0.6 is 0 Å². The maximum atomic E-state index is 14.0. The average Bonchev–Trinajstić information content (AvgIpc) is 2.46. The molecule has 1 aromatic carbocycles. The summed E-state index contributed by atoms with van der Waals surface area (Å²) in [6.07, 6.45) is 2.85. The van der Waals surface area contributed by atoms with Crippen LogP contribution in [0.2, 0.25) is 0 Å². The highest BCUT2D eigenvalue weighted by atomic mass is 19.1. The number of pyridine rings is 1. The number of methoxy groups -OCH3 is 1.